The van der Waals surface area contributed by atoms with Crippen LogP contribution >= 0.6 is 0 Å². The molecular weight excluding hydrogens is 384 g/mol. The van der Waals surface area contributed by atoms with Crippen LogP contribution in [0.25, 0.3) is 11.1 Å². The summed E-state index contributed by atoms with van der Waals surface area (Å²) >= 11 is 0. The van der Waals surface area contributed by atoms with Crippen LogP contribution in [0.15, 0.2) is 59.0 Å². The Bertz CT molecular complexity index is 972. The van der Waals surface area contributed by atoms with Crippen LogP contribution < -0.4 is 15.4 Å². The molecule has 2 N–H and O–H groups in total. The molecule has 2 aromatic carbocycles. The Morgan fingerprint density at radius 2 is 2.00 bits per heavy atom. The van der Waals surface area contributed by atoms with Crippen LogP contribution in [-0.2, 0) is 16.0 Å². The minimum atomic E-state index is -0.502. The first-order valence-corrected chi connectivity index (χ1v) is 10.00. The van der Waals surface area contributed by atoms with Crippen molar-refractivity contribution in [1.82, 2.24) is 20.5 Å². The molecule has 30 heavy (non-hydrogen) atoms. The molecule has 1 aromatic heterocycles. The van der Waals surface area contributed by atoms with E-state index in [2.05, 4.69) is 15.6 Å². The van der Waals surface area contributed by atoms with E-state index in [4.69, 9.17) is 9.15 Å². The molecule has 0 bridgehead atoms. The summed E-state index contributed by atoms with van der Waals surface area (Å²) in [5.74, 6) is 0.977. The van der Waals surface area contributed by atoms with E-state index in [0.717, 1.165) is 11.3 Å². The largest absolute Gasteiger partial charge is 0.492 e. The van der Waals surface area contributed by atoms with E-state index in [-0.39, 0.29) is 18.4 Å². The molecule has 1 aliphatic rings. The topological polar surface area (TPSA) is 96.7 Å². The molecule has 8 nitrogen and oxygen atoms in total. The van der Waals surface area contributed by atoms with Gasteiger partial charge in [0.25, 0.3) is 0 Å². The van der Waals surface area contributed by atoms with Crippen LogP contribution in [0.3, 0.4) is 0 Å². The fourth-order valence-electron chi connectivity index (χ4n) is 3.46. The highest BCUT2D eigenvalue weighted by molar-refractivity contribution is 5.84. The summed E-state index contributed by atoms with van der Waals surface area (Å²) in [6.45, 7) is 1.99. The Balaban J connectivity index is 1.30. The van der Waals surface area contributed by atoms with Crippen molar-refractivity contribution < 1.29 is 18.7 Å². The molecule has 156 valence electrons. The second kappa shape index (κ2) is 9.41. The van der Waals surface area contributed by atoms with E-state index in [1.807, 2.05) is 59.5 Å². The zero-order chi connectivity index (χ0) is 20.8. The third-order valence-electron chi connectivity index (χ3n) is 4.93. The van der Waals surface area contributed by atoms with E-state index in [1.54, 1.807) is 0 Å². The summed E-state index contributed by atoms with van der Waals surface area (Å²) in [7, 11) is 0. The standard InChI is InChI=1S/C22H24N4O4/c27-20(23-11-13-29-16-6-2-1-3-7-16)15-26-12-10-24-22(28)18(26)14-21-25-17-8-4-5-9-19(17)30-21/h1-9,18H,10-15H2,(H,23,27)(H,24,28). The van der Waals surface area contributed by atoms with Gasteiger partial charge < -0.3 is 19.8 Å². The lowest BCUT2D eigenvalue weighted by molar-refractivity contribution is -0.131. The molecule has 1 aliphatic heterocycles. The third-order valence-corrected chi connectivity index (χ3v) is 4.93. The second-order valence-corrected chi connectivity index (χ2v) is 7.07. The van der Waals surface area contributed by atoms with Gasteiger partial charge in [0, 0.05) is 19.5 Å². The highest BCUT2D eigenvalue weighted by Crippen LogP contribution is 2.18. The third kappa shape index (κ3) is 4.96. The zero-order valence-corrected chi connectivity index (χ0v) is 16.5. The first-order valence-electron chi connectivity index (χ1n) is 10.00. The number of hydrogen-bond donors (Lipinski definition) is 2. The van der Waals surface area contributed by atoms with Gasteiger partial charge in [-0.15, -0.1) is 0 Å². The first kappa shape index (κ1) is 19.9. The summed E-state index contributed by atoms with van der Waals surface area (Å²) in [4.78, 5) is 31.2. The highest BCUT2D eigenvalue weighted by atomic mass is 16.5. The molecule has 0 saturated carbocycles. The summed E-state index contributed by atoms with van der Waals surface area (Å²) in [6.07, 6.45) is 0.310. The zero-order valence-electron chi connectivity index (χ0n) is 16.5. The number of hydrogen-bond acceptors (Lipinski definition) is 6. The van der Waals surface area contributed by atoms with Crippen LogP contribution in [0.4, 0.5) is 0 Å². The summed E-state index contributed by atoms with van der Waals surface area (Å²) in [5.41, 5.74) is 1.44. The van der Waals surface area contributed by atoms with Crippen molar-refractivity contribution in [3.63, 3.8) is 0 Å². The lowest BCUT2D eigenvalue weighted by Crippen LogP contribution is -2.58. The Kier molecular flexibility index (Phi) is 6.24. The van der Waals surface area contributed by atoms with Crippen molar-refractivity contribution in [2.45, 2.75) is 12.5 Å². The summed E-state index contributed by atoms with van der Waals surface area (Å²) in [5, 5.41) is 5.70. The van der Waals surface area contributed by atoms with Crippen molar-refractivity contribution in [2.24, 2.45) is 0 Å². The van der Waals surface area contributed by atoms with Gasteiger partial charge in [-0.05, 0) is 24.3 Å². The SMILES string of the molecule is O=C(CN1CCNC(=O)C1Cc1nc2ccccc2o1)NCCOc1ccccc1. The minimum Gasteiger partial charge on any atom is -0.492 e. The number of ether oxygens (including phenoxy) is 1. The van der Waals surface area contributed by atoms with Crippen molar-refractivity contribution in [2.75, 3.05) is 32.8 Å². The number of nitrogens with one attached hydrogen (secondary N) is 2. The number of benzene rings is 2. The molecule has 1 atom stereocenters. The summed E-state index contributed by atoms with van der Waals surface area (Å²) in [6, 6.07) is 16.4. The van der Waals surface area contributed by atoms with E-state index < -0.39 is 6.04 Å². The van der Waals surface area contributed by atoms with Gasteiger partial charge in [0.2, 0.25) is 11.8 Å². The van der Waals surface area contributed by atoms with Gasteiger partial charge in [0.15, 0.2) is 11.5 Å². The monoisotopic (exact) mass is 408 g/mol. The van der Waals surface area contributed by atoms with Gasteiger partial charge >= 0.3 is 0 Å². The number of carbonyl (C=O) groups is 2. The number of para-hydroxylation sites is 3. The Hall–Kier alpha value is -3.39. The number of fused-ring (bicyclic) bond motifs is 1. The van der Waals surface area contributed by atoms with E-state index in [1.165, 1.54) is 0 Å². The predicted octanol–water partition coefficient (Wildman–Crippen LogP) is 1.37. The van der Waals surface area contributed by atoms with Crippen LogP contribution in [0.5, 0.6) is 5.75 Å². The van der Waals surface area contributed by atoms with Gasteiger partial charge in [-0.1, -0.05) is 30.3 Å². The fraction of sp³-hybridized carbons (Fsp3) is 0.318. The van der Waals surface area contributed by atoms with Crippen molar-refractivity contribution in [3.05, 3.63) is 60.5 Å². The summed E-state index contributed by atoms with van der Waals surface area (Å²) < 4.78 is 11.3. The Morgan fingerprint density at radius 1 is 1.20 bits per heavy atom. The van der Waals surface area contributed by atoms with Crippen molar-refractivity contribution in [1.29, 1.82) is 0 Å². The quantitative estimate of drug-likeness (QED) is 0.547. The number of amides is 2. The minimum absolute atomic E-state index is 0.122. The van der Waals surface area contributed by atoms with Gasteiger partial charge in [-0.2, -0.15) is 0 Å². The molecule has 1 fully saturated rings. The van der Waals surface area contributed by atoms with Gasteiger partial charge in [-0.25, -0.2) is 4.98 Å². The highest BCUT2D eigenvalue weighted by Gasteiger charge is 2.32. The van der Waals surface area contributed by atoms with Gasteiger partial charge in [-0.3, -0.25) is 14.5 Å². The normalized spacial score (nSPS) is 16.9. The first-order chi connectivity index (χ1) is 14.7. The number of nitrogens with zero attached hydrogens (tertiary/aromatic N) is 2. The average molecular weight is 408 g/mol. The molecule has 4 rings (SSSR count). The van der Waals surface area contributed by atoms with Crippen LogP contribution in [-0.4, -0.2) is 60.5 Å². The molecule has 0 radical (unpaired) electrons. The molecule has 3 aromatic rings. The van der Waals surface area contributed by atoms with Gasteiger partial charge in [0.05, 0.1) is 19.1 Å². The molecular formula is C22H24N4O4. The molecule has 2 heterocycles. The smallest absolute Gasteiger partial charge is 0.237 e. The molecule has 0 aliphatic carbocycles. The molecule has 1 unspecified atom stereocenters. The van der Waals surface area contributed by atoms with E-state index >= 15 is 0 Å². The lowest BCUT2D eigenvalue weighted by Gasteiger charge is -2.33. The van der Waals surface area contributed by atoms with E-state index in [0.29, 0.717) is 44.1 Å². The maximum Gasteiger partial charge on any atom is 0.237 e. The Labute approximate surface area is 174 Å². The van der Waals surface area contributed by atoms with Crippen LogP contribution in [0, 0.1) is 0 Å². The number of oxazole rings is 1. The molecule has 0 spiro atoms. The molecule has 8 heteroatoms. The predicted molar refractivity (Wildman–Crippen MR) is 111 cm³/mol. The number of carbonyl (C=O) groups excluding carboxylic acids is 2. The van der Waals surface area contributed by atoms with Crippen molar-refractivity contribution >= 4 is 22.9 Å². The molecule has 2 amide bonds. The lowest BCUT2D eigenvalue weighted by atomic mass is 10.1. The Morgan fingerprint density at radius 3 is 2.83 bits per heavy atom. The second-order valence-electron chi connectivity index (χ2n) is 7.07. The average Bonchev–Trinajstić information content (AvgIpc) is 3.17. The number of piperazine rings is 1. The molecule has 1 saturated heterocycles. The van der Waals surface area contributed by atoms with Crippen LogP contribution in [0.1, 0.15) is 5.89 Å². The van der Waals surface area contributed by atoms with Crippen molar-refractivity contribution in [3.8, 4) is 5.75 Å². The maximum absolute atomic E-state index is 12.4. The maximum atomic E-state index is 12.4. The number of aromatic nitrogens is 1. The van der Waals surface area contributed by atoms with E-state index in [9.17, 15) is 9.59 Å². The van der Waals surface area contributed by atoms with Crippen LogP contribution in [0.2, 0.25) is 0 Å². The fourth-order valence-corrected chi connectivity index (χ4v) is 3.46. The number of rotatable bonds is 8. The van der Waals surface area contributed by atoms with Gasteiger partial charge in [0.1, 0.15) is 17.9 Å².